The molecule has 2 N–H and O–H groups in total. The van der Waals surface area contributed by atoms with E-state index in [-0.39, 0.29) is 12.2 Å². The van der Waals surface area contributed by atoms with Crippen molar-refractivity contribution in [1.29, 1.82) is 0 Å². The van der Waals surface area contributed by atoms with Crippen molar-refractivity contribution in [1.82, 2.24) is 10.2 Å². The van der Waals surface area contributed by atoms with Crippen molar-refractivity contribution in [3.8, 4) is 0 Å². The van der Waals surface area contributed by atoms with E-state index in [2.05, 4.69) is 17.1 Å². The molecule has 1 saturated heterocycles. The zero-order chi connectivity index (χ0) is 11.3. The van der Waals surface area contributed by atoms with E-state index in [4.69, 9.17) is 4.74 Å². The number of nitrogens with one attached hydrogen (secondary N) is 1. The normalized spacial score (nSPS) is 25.8. The van der Waals surface area contributed by atoms with E-state index in [0.29, 0.717) is 12.6 Å². The highest BCUT2D eigenvalue weighted by atomic mass is 16.5. The molecule has 0 radical (unpaired) electrons. The summed E-state index contributed by atoms with van der Waals surface area (Å²) in [5.41, 5.74) is 0. The van der Waals surface area contributed by atoms with Crippen molar-refractivity contribution in [3.63, 3.8) is 0 Å². The van der Waals surface area contributed by atoms with Gasteiger partial charge in [0.1, 0.15) is 0 Å². The molecule has 90 valence electrons. The van der Waals surface area contributed by atoms with Crippen molar-refractivity contribution in [2.24, 2.45) is 0 Å². The van der Waals surface area contributed by atoms with Crippen LogP contribution in [0.5, 0.6) is 0 Å². The lowest BCUT2D eigenvalue weighted by Gasteiger charge is -2.35. The third-order valence-corrected chi connectivity index (χ3v) is 2.71. The van der Waals surface area contributed by atoms with Crippen LogP contribution in [-0.4, -0.2) is 61.0 Å². The first-order chi connectivity index (χ1) is 7.09. The van der Waals surface area contributed by atoms with Crippen LogP contribution in [0.1, 0.15) is 20.8 Å². The smallest absolute Gasteiger partial charge is 0.0900 e. The largest absolute Gasteiger partial charge is 0.389 e. The third-order valence-electron chi connectivity index (χ3n) is 2.71. The zero-order valence-corrected chi connectivity index (χ0v) is 10.1. The van der Waals surface area contributed by atoms with Crippen LogP contribution in [0.4, 0.5) is 0 Å². The van der Waals surface area contributed by atoms with Crippen molar-refractivity contribution in [2.75, 3.05) is 32.8 Å². The maximum absolute atomic E-state index is 9.78. The van der Waals surface area contributed by atoms with Crippen molar-refractivity contribution in [2.45, 2.75) is 39.0 Å². The van der Waals surface area contributed by atoms with Gasteiger partial charge in [-0.3, -0.25) is 4.90 Å². The number of aliphatic hydroxyl groups is 1. The molecule has 15 heavy (non-hydrogen) atoms. The molecule has 0 amide bonds. The number of rotatable bonds is 5. The number of hydrogen-bond acceptors (Lipinski definition) is 4. The number of piperazine rings is 1. The highest BCUT2D eigenvalue weighted by Crippen LogP contribution is 2.04. The van der Waals surface area contributed by atoms with E-state index < -0.39 is 0 Å². The molecule has 1 unspecified atom stereocenters. The fourth-order valence-electron chi connectivity index (χ4n) is 1.78. The van der Waals surface area contributed by atoms with E-state index >= 15 is 0 Å². The van der Waals surface area contributed by atoms with Gasteiger partial charge in [-0.2, -0.15) is 0 Å². The first-order valence-electron chi connectivity index (χ1n) is 5.84. The summed E-state index contributed by atoms with van der Waals surface area (Å²) < 4.78 is 5.39. The van der Waals surface area contributed by atoms with Gasteiger partial charge in [0.15, 0.2) is 0 Å². The minimum Gasteiger partial charge on any atom is -0.389 e. The van der Waals surface area contributed by atoms with Crippen LogP contribution in [0.2, 0.25) is 0 Å². The van der Waals surface area contributed by atoms with Crippen LogP contribution in [0, 0.1) is 0 Å². The predicted octanol–water partition coefficient (Wildman–Crippen LogP) is 0.0660. The highest BCUT2D eigenvalue weighted by molar-refractivity contribution is 4.77. The van der Waals surface area contributed by atoms with Crippen LogP contribution in [0.25, 0.3) is 0 Å². The number of β-amino-alcohol motifs (C(OH)–C–C–N with tert-alkyl or cyclic N) is 1. The molecule has 0 aromatic rings. The number of ether oxygens (including phenoxy) is 1. The summed E-state index contributed by atoms with van der Waals surface area (Å²) >= 11 is 0. The number of nitrogens with zero attached hydrogens (tertiary/aromatic N) is 1. The Hall–Kier alpha value is -0.160. The van der Waals surface area contributed by atoms with Gasteiger partial charge in [-0.05, 0) is 20.8 Å². The monoisotopic (exact) mass is 216 g/mol. The first kappa shape index (κ1) is 12.9. The van der Waals surface area contributed by atoms with Gasteiger partial charge in [0.25, 0.3) is 0 Å². The van der Waals surface area contributed by atoms with E-state index in [9.17, 15) is 5.11 Å². The zero-order valence-electron chi connectivity index (χ0n) is 10.1. The van der Waals surface area contributed by atoms with Gasteiger partial charge in [-0.15, -0.1) is 0 Å². The van der Waals surface area contributed by atoms with E-state index in [1.165, 1.54) is 0 Å². The molecule has 1 fully saturated rings. The second kappa shape index (κ2) is 6.43. The molecule has 0 bridgehead atoms. The van der Waals surface area contributed by atoms with Gasteiger partial charge in [0, 0.05) is 32.2 Å². The Morgan fingerprint density at radius 3 is 2.87 bits per heavy atom. The quantitative estimate of drug-likeness (QED) is 0.682. The average molecular weight is 216 g/mol. The Morgan fingerprint density at radius 1 is 1.53 bits per heavy atom. The molecule has 0 spiro atoms. The molecular formula is C11H24N2O2. The van der Waals surface area contributed by atoms with Gasteiger partial charge >= 0.3 is 0 Å². The van der Waals surface area contributed by atoms with Gasteiger partial charge < -0.3 is 15.2 Å². The Kier molecular flexibility index (Phi) is 5.53. The standard InChI is InChI=1S/C11H24N2O2/c1-9(2)15-8-11(14)7-13-5-4-12-6-10(13)3/h9-12,14H,4-8H2,1-3H3/t10-,11?/m1/s1. The van der Waals surface area contributed by atoms with Crippen LogP contribution >= 0.6 is 0 Å². The SMILES string of the molecule is CC(C)OCC(O)CN1CCNC[C@H]1C. The number of aliphatic hydroxyl groups excluding tert-OH is 1. The maximum Gasteiger partial charge on any atom is 0.0900 e. The lowest BCUT2D eigenvalue weighted by atomic mass is 10.2. The Morgan fingerprint density at radius 2 is 2.27 bits per heavy atom. The second-order valence-corrected chi connectivity index (χ2v) is 4.58. The van der Waals surface area contributed by atoms with Gasteiger partial charge in [0.2, 0.25) is 0 Å². The summed E-state index contributed by atoms with van der Waals surface area (Å²) in [6, 6.07) is 0.507. The molecule has 2 atom stereocenters. The van der Waals surface area contributed by atoms with Gasteiger partial charge in [-0.25, -0.2) is 0 Å². The Bertz CT molecular complexity index is 176. The summed E-state index contributed by atoms with van der Waals surface area (Å²) in [6.07, 6.45) is -0.173. The fraction of sp³-hybridized carbons (Fsp3) is 1.00. The minimum absolute atomic E-state index is 0.195. The third kappa shape index (κ3) is 4.93. The summed E-state index contributed by atoms with van der Waals surface area (Å²) in [6.45, 7) is 10.4. The summed E-state index contributed by atoms with van der Waals surface area (Å²) in [4.78, 5) is 2.31. The van der Waals surface area contributed by atoms with Crippen LogP contribution in [0.3, 0.4) is 0 Å². The lowest BCUT2D eigenvalue weighted by Crippen LogP contribution is -2.52. The van der Waals surface area contributed by atoms with Crippen LogP contribution in [0.15, 0.2) is 0 Å². The maximum atomic E-state index is 9.78. The van der Waals surface area contributed by atoms with Crippen molar-refractivity contribution >= 4 is 0 Å². The summed E-state index contributed by atoms with van der Waals surface area (Å²) in [7, 11) is 0. The first-order valence-corrected chi connectivity index (χ1v) is 5.84. The highest BCUT2D eigenvalue weighted by Gasteiger charge is 2.20. The van der Waals surface area contributed by atoms with E-state index in [0.717, 1.165) is 26.2 Å². The summed E-state index contributed by atoms with van der Waals surface area (Å²) in [5.74, 6) is 0. The predicted molar refractivity (Wildman–Crippen MR) is 61.0 cm³/mol. The molecule has 1 heterocycles. The molecule has 1 aliphatic heterocycles. The van der Waals surface area contributed by atoms with Gasteiger partial charge in [-0.1, -0.05) is 0 Å². The second-order valence-electron chi connectivity index (χ2n) is 4.58. The van der Waals surface area contributed by atoms with Crippen molar-refractivity contribution in [3.05, 3.63) is 0 Å². The molecular weight excluding hydrogens is 192 g/mol. The molecule has 0 aromatic heterocycles. The minimum atomic E-state index is -0.368. The average Bonchev–Trinajstić information content (AvgIpc) is 2.18. The fourth-order valence-corrected chi connectivity index (χ4v) is 1.78. The molecule has 1 rings (SSSR count). The summed E-state index contributed by atoms with van der Waals surface area (Å²) in [5, 5.41) is 13.1. The van der Waals surface area contributed by atoms with E-state index in [1.54, 1.807) is 0 Å². The molecule has 1 aliphatic rings. The van der Waals surface area contributed by atoms with Gasteiger partial charge in [0.05, 0.1) is 18.8 Å². The van der Waals surface area contributed by atoms with E-state index in [1.807, 2.05) is 13.8 Å². The van der Waals surface area contributed by atoms with Crippen molar-refractivity contribution < 1.29 is 9.84 Å². The topological polar surface area (TPSA) is 44.7 Å². The molecule has 0 aromatic carbocycles. The lowest BCUT2D eigenvalue weighted by molar-refractivity contribution is -0.0155. The van der Waals surface area contributed by atoms with Crippen LogP contribution < -0.4 is 5.32 Å². The Labute approximate surface area is 92.6 Å². The Balaban J connectivity index is 2.20. The molecule has 4 nitrogen and oxygen atoms in total. The van der Waals surface area contributed by atoms with Crippen LogP contribution in [-0.2, 0) is 4.74 Å². The number of hydrogen-bond donors (Lipinski definition) is 2. The molecule has 0 aliphatic carbocycles. The molecule has 4 heteroatoms. The molecule has 0 saturated carbocycles.